The predicted octanol–water partition coefficient (Wildman–Crippen LogP) is 0.988. The molecule has 14 heavy (non-hydrogen) atoms. The molecule has 2 heterocycles. The SMILES string of the molecule is Cn1ccc(Cc2cccnc2N)n1. The molecule has 2 aromatic heterocycles. The molecule has 0 radical (unpaired) electrons. The quantitative estimate of drug-likeness (QED) is 0.764. The Morgan fingerprint density at radius 3 is 2.93 bits per heavy atom. The van der Waals surface area contributed by atoms with Crippen LogP contribution < -0.4 is 5.73 Å². The van der Waals surface area contributed by atoms with E-state index in [-0.39, 0.29) is 0 Å². The molecule has 0 aromatic carbocycles. The molecule has 0 spiro atoms. The van der Waals surface area contributed by atoms with Crippen molar-refractivity contribution in [2.45, 2.75) is 6.42 Å². The fourth-order valence-electron chi connectivity index (χ4n) is 1.35. The van der Waals surface area contributed by atoms with Gasteiger partial charge in [-0.2, -0.15) is 5.10 Å². The first-order valence-corrected chi connectivity index (χ1v) is 4.43. The topological polar surface area (TPSA) is 56.7 Å². The van der Waals surface area contributed by atoms with Gasteiger partial charge in [0.05, 0.1) is 5.69 Å². The van der Waals surface area contributed by atoms with Crippen molar-refractivity contribution in [3.05, 3.63) is 41.9 Å². The highest BCUT2D eigenvalue weighted by atomic mass is 15.2. The maximum absolute atomic E-state index is 5.73. The van der Waals surface area contributed by atoms with E-state index in [9.17, 15) is 0 Å². The number of nitrogens with zero attached hydrogens (tertiary/aromatic N) is 3. The number of nitrogens with two attached hydrogens (primary N) is 1. The van der Waals surface area contributed by atoms with Crippen LogP contribution in [0.4, 0.5) is 5.82 Å². The summed E-state index contributed by atoms with van der Waals surface area (Å²) in [5, 5.41) is 4.28. The van der Waals surface area contributed by atoms with E-state index in [1.165, 1.54) is 0 Å². The molecule has 0 aliphatic rings. The van der Waals surface area contributed by atoms with Crippen molar-refractivity contribution < 1.29 is 0 Å². The maximum Gasteiger partial charge on any atom is 0.126 e. The van der Waals surface area contributed by atoms with Crippen LogP contribution in [0.1, 0.15) is 11.3 Å². The van der Waals surface area contributed by atoms with Crippen molar-refractivity contribution in [2.24, 2.45) is 7.05 Å². The Morgan fingerprint density at radius 1 is 1.43 bits per heavy atom. The molecule has 0 amide bonds. The fourth-order valence-corrected chi connectivity index (χ4v) is 1.35. The van der Waals surface area contributed by atoms with Crippen molar-refractivity contribution in [1.82, 2.24) is 14.8 Å². The number of aromatic nitrogens is 3. The molecule has 2 rings (SSSR count). The monoisotopic (exact) mass is 188 g/mol. The molecule has 4 heteroatoms. The molecule has 0 bridgehead atoms. The third-order valence-electron chi connectivity index (χ3n) is 2.07. The van der Waals surface area contributed by atoms with Crippen LogP contribution in [-0.2, 0) is 13.5 Å². The minimum absolute atomic E-state index is 0.582. The van der Waals surface area contributed by atoms with Gasteiger partial charge in [0.25, 0.3) is 0 Å². The van der Waals surface area contributed by atoms with Gasteiger partial charge in [0, 0.05) is 31.4 Å². The summed E-state index contributed by atoms with van der Waals surface area (Å²) >= 11 is 0. The summed E-state index contributed by atoms with van der Waals surface area (Å²) < 4.78 is 1.78. The zero-order valence-corrected chi connectivity index (χ0v) is 8.01. The van der Waals surface area contributed by atoms with Gasteiger partial charge in [-0.25, -0.2) is 4.98 Å². The Morgan fingerprint density at radius 2 is 2.29 bits per heavy atom. The molecular weight excluding hydrogens is 176 g/mol. The van der Waals surface area contributed by atoms with Crippen LogP contribution in [0.5, 0.6) is 0 Å². The predicted molar refractivity (Wildman–Crippen MR) is 54.7 cm³/mol. The van der Waals surface area contributed by atoms with Gasteiger partial charge in [-0.3, -0.25) is 4.68 Å². The molecule has 0 aliphatic carbocycles. The van der Waals surface area contributed by atoms with E-state index in [1.54, 1.807) is 10.9 Å². The zero-order chi connectivity index (χ0) is 9.97. The van der Waals surface area contributed by atoms with Gasteiger partial charge in [0.1, 0.15) is 5.82 Å². The standard InChI is InChI=1S/C10H12N4/c1-14-6-4-9(13-14)7-8-3-2-5-12-10(8)11/h2-6H,7H2,1H3,(H2,11,12). The number of nitrogen functional groups attached to an aromatic ring is 1. The van der Waals surface area contributed by atoms with E-state index in [1.807, 2.05) is 31.4 Å². The van der Waals surface area contributed by atoms with Crippen LogP contribution in [0.15, 0.2) is 30.6 Å². The molecule has 2 N–H and O–H groups in total. The van der Waals surface area contributed by atoms with Crippen molar-refractivity contribution in [3.8, 4) is 0 Å². The Hall–Kier alpha value is -1.84. The molecule has 0 aliphatic heterocycles. The van der Waals surface area contributed by atoms with E-state index in [2.05, 4.69) is 10.1 Å². The number of aryl methyl sites for hydroxylation is 1. The van der Waals surface area contributed by atoms with Gasteiger partial charge < -0.3 is 5.73 Å². The maximum atomic E-state index is 5.73. The summed E-state index contributed by atoms with van der Waals surface area (Å²) in [6.45, 7) is 0. The first-order valence-electron chi connectivity index (χ1n) is 4.43. The number of anilines is 1. The third kappa shape index (κ3) is 1.74. The summed E-state index contributed by atoms with van der Waals surface area (Å²) in [6, 6.07) is 5.83. The molecule has 0 saturated carbocycles. The molecule has 2 aromatic rings. The number of hydrogen-bond acceptors (Lipinski definition) is 3. The molecule has 0 unspecified atom stereocenters. The van der Waals surface area contributed by atoms with Crippen molar-refractivity contribution >= 4 is 5.82 Å². The Kier molecular flexibility index (Phi) is 2.18. The average Bonchev–Trinajstić information content (AvgIpc) is 2.56. The Bertz CT molecular complexity index is 433. The minimum Gasteiger partial charge on any atom is -0.383 e. The molecule has 0 fully saturated rings. The highest BCUT2D eigenvalue weighted by Crippen LogP contribution is 2.11. The summed E-state index contributed by atoms with van der Waals surface area (Å²) in [5.41, 5.74) is 7.76. The van der Waals surface area contributed by atoms with Crippen LogP contribution in [0.25, 0.3) is 0 Å². The molecular formula is C10H12N4. The van der Waals surface area contributed by atoms with Crippen LogP contribution in [-0.4, -0.2) is 14.8 Å². The largest absolute Gasteiger partial charge is 0.383 e. The van der Waals surface area contributed by atoms with E-state index in [0.717, 1.165) is 17.7 Å². The first kappa shape index (κ1) is 8.74. The van der Waals surface area contributed by atoms with E-state index in [4.69, 9.17) is 5.73 Å². The third-order valence-corrected chi connectivity index (χ3v) is 2.07. The second-order valence-electron chi connectivity index (χ2n) is 3.21. The summed E-state index contributed by atoms with van der Waals surface area (Å²) in [7, 11) is 1.90. The summed E-state index contributed by atoms with van der Waals surface area (Å²) in [6.07, 6.45) is 4.35. The van der Waals surface area contributed by atoms with Crippen LogP contribution in [0.2, 0.25) is 0 Å². The highest BCUT2D eigenvalue weighted by molar-refractivity contribution is 5.40. The Labute approximate surface area is 82.4 Å². The second-order valence-corrected chi connectivity index (χ2v) is 3.21. The molecule has 0 atom stereocenters. The highest BCUT2D eigenvalue weighted by Gasteiger charge is 2.02. The van der Waals surface area contributed by atoms with Gasteiger partial charge in [0.15, 0.2) is 0 Å². The van der Waals surface area contributed by atoms with E-state index < -0.39 is 0 Å². The first-order chi connectivity index (χ1) is 6.75. The average molecular weight is 188 g/mol. The zero-order valence-electron chi connectivity index (χ0n) is 8.01. The van der Waals surface area contributed by atoms with E-state index >= 15 is 0 Å². The smallest absolute Gasteiger partial charge is 0.126 e. The Balaban J connectivity index is 2.23. The minimum atomic E-state index is 0.582. The summed E-state index contributed by atoms with van der Waals surface area (Å²) in [4.78, 5) is 4.03. The van der Waals surface area contributed by atoms with Crippen LogP contribution >= 0.6 is 0 Å². The fraction of sp³-hybridized carbons (Fsp3) is 0.200. The van der Waals surface area contributed by atoms with Gasteiger partial charge in [-0.05, 0) is 12.1 Å². The van der Waals surface area contributed by atoms with Gasteiger partial charge in [-0.1, -0.05) is 6.07 Å². The van der Waals surface area contributed by atoms with Crippen molar-refractivity contribution in [2.75, 3.05) is 5.73 Å². The lowest BCUT2D eigenvalue weighted by Crippen LogP contribution is -1.99. The van der Waals surface area contributed by atoms with Gasteiger partial charge in [0.2, 0.25) is 0 Å². The van der Waals surface area contributed by atoms with Crippen molar-refractivity contribution in [1.29, 1.82) is 0 Å². The molecule has 72 valence electrons. The number of rotatable bonds is 2. The van der Waals surface area contributed by atoms with Gasteiger partial charge >= 0.3 is 0 Å². The lowest BCUT2D eigenvalue weighted by atomic mass is 10.1. The molecule has 4 nitrogen and oxygen atoms in total. The van der Waals surface area contributed by atoms with Crippen LogP contribution in [0, 0.1) is 0 Å². The van der Waals surface area contributed by atoms with Crippen molar-refractivity contribution in [3.63, 3.8) is 0 Å². The van der Waals surface area contributed by atoms with E-state index in [0.29, 0.717) is 5.82 Å². The second kappa shape index (κ2) is 3.49. The number of hydrogen-bond donors (Lipinski definition) is 1. The number of pyridine rings is 1. The van der Waals surface area contributed by atoms with Gasteiger partial charge in [-0.15, -0.1) is 0 Å². The normalized spacial score (nSPS) is 10.4. The summed E-state index contributed by atoms with van der Waals surface area (Å²) in [5.74, 6) is 0.582. The van der Waals surface area contributed by atoms with Crippen LogP contribution in [0.3, 0.4) is 0 Å². The lowest BCUT2D eigenvalue weighted by molar-refractivity contribution is 0.749. The lowest BCUT2D eigenvalue weighted by Gasteiger charge is -2.00. The molecule has 0 saturated heterocycles.